The lowest BCUT2D eigenvalue weighted by molar-refractivity contribution is -0.547. The fraction of sp³-hybridized carbons (Fsp3) is 0.727. The third-order valence-corrected chi connectivity index (χ3v) is 5.58. The average Bonchev–Trinajstić information content (AvgIpc) is 2.83. The quantitative estimate of drug-likeness (QED) is 0.306. The molecule has 0 spiro atoms. The van der Waals surface area contributed by atoms with Gasteiger partial charge < -0.3 is 10.8 Å². The normalized spacial score (nSPS) is 23.1. The lowest BCUT2D eigenvalue weighted by atomic mass is 9.76. The number of nitrogens with zero attached hydrogens (tertiary/aromatic N) is 1. The van der Waals surface area contributed by atoms with Gasteiger partial charge in [-0.05, 0) is 51.4 Å². The molecule has 0 aromatic carbocycles. The topological polar surface area (TPSA) is 124 Å². The summed E-state index contributed by atoms with van der Waals surface area (Å²) >= 11 is 0. The Morgan fingerprint density at radius 3 is 2.21 bits per heavy atom. The standard InChI is InChI=1S/C22H36N2O5/c1-13(2)7-10-16-20(27)19(17(25)11-8-14(3)4)21(23)22(16,24(28)29)18(26)12-9-15(5)6/h9,13-14,16-17,25H,7-8,10-12,23H2,1-6H3/t16?,17?,22-/m1/s1. The highest BCUT2D eigenvalue weighted by molar-refractivity contribution is 6.10. The summed E-state index contributed by atoms with van der Waals surface area (Å²) in [6.45, 7) is 11.5. The van der Waals surface area contributed by atoms with E-state index >= 15 is 0 Å². The predicted octanol–water partition coefficient (Wildman–Crippen LogP) is 3.57. The molecule has 1 rings (SSSR count). The van der Waals surface area contributed by atoms with Gasteiger partial charge in [0.25, 0.3) is 0 Å². The van der Waals surface area contributed by atoms with E-state index in [0.29, 0.717) is 18.8 Å². The molecule has 0 aromatic heterocycles. The van der Waals surface area contributed by atoms with Crippen molar-refractivity contribution in [2.24, 2.45) is 23.5 Å². The van der Waals surface area contributed by atoms with Crippen LogP contribution in [-0.4, -0.2) is 33.2 Å². The molecule has 164 valence electrons. The van der Waals surface area contributed by atoms with Crippen LogP contribution in [0.15, 0.2) is 22.9 Å². The van der Waals surface area contributed by atoms with Crippen molar-refractivity contribution < 1.29 is 19.6 Å². The smallest absolute Gasteiger partial charge is 0.328 e. The lowest BCUT2D eigenvalue weighted by Crippen LogP contribution is -2.55. The summed E-state index contributed by atoms with van der Waals surface area (Å²) in [5.41, 5.74) is 4.22. The van der Waals surface area contributed by atoms with Crippen LogP contribution >= 0.6 is 0 Å². The largest absolute Gasteiger partial charge is 0.395 e. The van der Waals surface area contributed by atoms with Crippen molar-refractivity contribution in [3.8, 4) is 0 Å². The van der Waals surface area contributed by atoms with E-state index < -0.39 is 34.1 Å². The molecule has 0 radical (unpaired) electrons. The molecule has 0 fully saturated rings. The summed E-state index contributed by atoms with van der Waals surface area (Å²) in [5.74, 6) is -1.94. The molecular formula is C22H36N2O5. The second kappa shape index (κ2) is 10.1. The Kier molecular flexibility index (Phi) is 8.75. The van der Waals surface area contributed by atoms with Crippen LogP contribution in [0.5, 0.6) is 0 Å². The van der Waals surface area contributed by atoms with Gasteiger partial charge in [0.2, 0.25) is 5.78 Å². The van der Waals surface area contributed by atoms with Crippen LogP contribution in [0.4, 0.5) is 0 Å². The molecule has 29 heavy (non-hydrogen) atoms. The lowest BCUT2D eigenvalue weighted by Gasteiger charge is -2.26. The molecule has 0 saturated carbocycles. The van der Waals surface area contributed by atoms with Crippen LogP contribution in [0, 0.1) is 27.9 Å². The second-order valence-electron chi connectivity index (χ2n) is 9.13. The van der Waals surface area contributed by atoms with Crippen LogP contribution in [0.1, 0.15) is 73.6 Å². The minimum atomic E-state index is -2.30. The number of carbonyl (C=O) groups is 2. The van der Waals surface area contributed by atoms with Crippen LogP contribution in [0.2, 0.25) is 0 Å². The van der Waals surface area contributed by atoms with E-state index in [9.17, 15) is 24.8 Å². The van der Waals surface area contributed by atoms with E-state index in [1.54, 1.807) is 19.9 Å². The number of Topliss-reactive ketones (excluding diaryl/α,β-unsaturated/α-hetero) is 2. The number of aliphatic hydroxyl groups excluding tert-OH is 1. The van der Waals surface area contributed by atoms with Crippen LogP contribution in [0.3, 0.4) is 0 Å². The maximum Gasteiger partial charge on any atom is 0.328 e. The molecule has 0 saturated heterocycles. The van der Waals surface area contributed by atoms with Crippen molar-refractivity contribution in [2.75, 3.05) is 0 Å². The number of carbonyl (C=O) groups excluding carboxylic acids is 2. The maximum atomic E-state index is 13.2. The minimum Gasteiger partial charge on any atom is -0.395 e. The molecule has 1 aliphatic carbocycles. The van der Waals surface area contributed by atoms with Crippen LogP contribution in [-0.2, 0) is 9.59 Å². The summed E-state index contributed by atoms with van der Waals surface area (Å²) in [4.78, 5) is 37.9. The van der Waals surface area contributed by atoms with Crippen LogP contribution < -0.4 is 5.73 Å². The third kappa shape index (κ3) is 5.32. The summed E-state index contributed by atoms with van der Waals surface area (Å²) in [5, 5.41) is 22.9. The summed E-state index contributed by atoms with van der Waals surface area (Å²) in [7, 11) is 0. The van der Waals surface area contributed by atoms with Gasteiger partial charge in [-0.1, -0.05) is 39.3 Å². The molecule has 0 bridgehead atoms. The van der Waals surface area contributed by atoms with Crippen molar-refractivity contribution in [3.05, 3.63) is 33.0 Å². The highest BCUT2D eigenvalue weighted by Gasteiger charge is 2.67. The summed E-state index contributed by atoms with van der Waals surface area (Å²) < 4.78 is 0. The molecule has 1 aliphatic rings. The Bertz CT molecular complexity index is 704. The zero-order valence-corrected chi connectivity index (χ0v) is 18.5. The third-order valence-electron chi connectivity index (χ3n) is 5.58. The molecule has 3 N–H and O–H groups in total. The van der Waals surface area contributed by atoms with Gasteiger partial charge in [0.1, 0.15) is 11.6 Å². The fourth-order valence-electron chi connectivity index (χ4n) is 3.85. The van der Waals surface area contributed by atoms with Crippen molar-refractivity contribution >= 4 is 11.6 Å². The highest BCUT2D eigenvalue weighted by atomic mass is 16.6. The van der Waals surface area contributed by atoms with Crippen molar-refractivity contribution in [1.82, 2.24) is 0 Å². The minimum absolute atomic E-state index is 0.137. The first-order chi connectivity index (χ1) is 13.4. The average molecular weight is 409 g/mol. The monoisotopic (exact) mass is 408 g/mol. The number of hydrogen-bond acceptors (Lipinski definition) is 6. The molecule has 0 heterocycles. The van der Waals surface area contributed by atoms with Gasteiger partial charge in [0, 0.05) is 11.3 Å². The first-order valence-corrected chi connectivity index (χ1v) is 10.4. The van der Waals surface area contributed by atoms with Gasteiger partial charge in [0.05, 0.1) is 11.7 Å². The van der Waals surface area contributed by atoms with E-state index in [1.165, 1.54) is 0 Å². The number of nitrogens with two attached hydrogens (primary N) is 1. The first-order valence-electron chi connectivity index (χ1n) is 10.4. The van der Waals surface area contributed by atoms with Crippen molar-refractivity contribution in [3.63, 3.8) is 0 Å². The van der Waals surface area contributed by atoms with Crippen LogP contribution in [0.25, 0.3) is 0 Å². The molecule has 2 unspecified atom stereocenters. The molecule has 0 aliphatic heterocycles. The fourth-order valence-corrected chi connectivity index (χ4v) is 3.85. The number of allylic oxidation sites excluding steroid dienone is 2. The molecular weight excluding hydrogens is 372 g/mol. The van der Waals surface area contributed by atoms with Crippen molar-refractivity contribution in [1.29, 1.82) is 0 Å². The molecule has 0 amide bonds. The van der Waals surface area contributed by atoms with E-state index in [1.807, 2.05) is 27.7 Å². The van der Waals surface area contributed by atoms with E-state index in [2.05, 4.69) is 0 Å². The van der Waals surface area contributed by atoms with E-state index in [0.717, 1.165) is 5.57 Å². The Balaban J connectivity index is 3.52. The predicted molar refractivity (Wildman–Crippen MR) is 113 cm³/mol. The SMILES string of the molecule is CC(C)=CCC(=O)[C@@]1([N+](=O)[O-])C(N)=C(C(O)CCC(C)C)C(=O)C1CCC(C)C. The number of hydrogen-bond donors (Lipinski definition) is 2. The zero-order chi connectivity index (χ0) is 22.5. The zero-order valence-electron chi connectivity index (χ0n) is 18.5. The first kappa shape index (κ1) is 25.0. The highest BCUT2D eigenvalue weighted by Crippen LogP contribution is 2.44. The Morgan fingerprint density at radius 1 is 1.21 bits per heavy atom. The van der Waals surface area contributed by atoms with Gasteiger partial charge in [-0.3, -0.25) is 19.7 Å². The van der Waals surface area contributed by atoms with Gasteiger partial charge in [0.15, 0.2) is 5.78 Å². The Morgan fingerprint density at radius 2 is 1.76 bits per heavy atom. The van der Waals surface area contributed by atoms with Gasteiger partial charge in [-0.2, -0.15) is 0 Å². The molecule has 7 nitrogen and oxygen atoms in total. The number of aliphatic hydroxyl groups is 1. The number of ketones is 2. The molecule has 7 heteroatoms. The number of rotatable bonds is 11. The van der Waals surface area contributed by atoms with Gasteiger partial charge in [-0.25, -0.2) is 0 Å². The molecule has 0 aromatic rings. The Labute approximate surface area is 173 Å². The summed E-state index contributed by atoms with van der Waals surface area (Å²) in [6.07, 6.45) is 1.86. The van der Waals surface area contributed by atoms with Gasteiger partial charge >= 0.3 is 5.54 Å². The Hall–Kier alpha value is -2.02. The second-order valence-corrected chi connectivity index (χ2v) is 9.13. The summed E-state index contributed by atoms with van der Waals surface area (Å²) in [6, 6.07) is 0. The maximum absolute atomic E-state index is 13.2. The van der Waals surface area contributed by atoms with Crippen molar-refractivity contribution in [2.45, 2.75) is 85.3 Å². The van der Waals surface area contributed by atoms with E-state index in [4.69, 9.17) is 5.73 Å². The number of nitro groups is 1. The van der Waals surface area contributed by atoms with E-state index in [-0.39, 0.29) is 36.5 Å². The molecule has 3 atom stereocenters. The van der Waals surface area contributed by atoms with Gasteiger partial charge in [-0.15, -0.1) is 0 Å².